The zero-order valence-corrected chi connectivity index (χ0v) is 8.05. The second kappa shape index (κ2) is 8.98. The third-order valence-electron chi connectivity index (χ3n) is 2.44. The Balaban J connectivity index is -0.000000605. The van der Waals surface area contributed by atoms with Crippen LogP contribution in [0.3, 0.4) is 0 Å². The molecule has 0 aromatic carbocycles. The van der Waals surface area contributed by atoms with Gasteiger partial charge in [-0.3, -0.25) is 9.41 Å². The molecule has 0 aliphatic rings. The molecule has 3 N–H and O–H groups in total. The first-order valence-electron chi connectivity index (χ1n) is 3.93. The minimum absolute atomic E-state index is 0. The molecule has 0 bridgehead atoms. The van der Waals surface area contributed by atoms with Crippen molar-refractivity contribution >= 4 is 6.29 Å². The van der Waals surface area contributed by atoms with Crippen LogP contribution in [0.2, 0.25) is 0 Å². The zero-order chi connectivity index (χ0) is 9.61. The van der Waals surface area contributed by atoms with Crippen LogP contribution in [0.4, 0.5) is 9.41 Å². The third kappa shape index (κ3) is 4.08. The van der Waals surface area contributed by atoms with Gasteiger partial charge in [-0.25, -0.2) is 0 Å². The van der Waals surface area contributed by atoms with Gasteiger partial charge in [0.05, 0.1) is 19.8 Å². The first-order valence-corrected chi connectivity index (χ1v) is 3.93. The lowest BCUT2D eigenvalue weighted by Gasteiger charge is -2.32. The average molecular weight is 216 g/mol. The molecule has 14 heavy (non-hydrogen) atoms. The van der Waals surface area contributed by atoms with Crippen molar-refractivity contribution in [3.63, 3.8) is 0 Å². The maximum absolute atomic E-state index is 10.2. The van der Waals surface area contributed by atoms with Crippen LogP contribution < -0.4 is 0 Å². The number of aliphatic hydroxyl groups excluding tert-OH is 3. The predicted molar refractivity (Wildman–Crippen MR) is 48.5 cm³/mol. The zero-order valence-electron chi connectivity index (χ0n) is 8.05. The van der Waals surface area contributed by atoms with Crippen molar-refractivity contribution in [1.82, 2.24) is 0 Å². The number of carbonyl (C=O) groups excluding carboxylic acids is 1. The van der Waals surface area contributed by atoms with Crippen LogP contribution in [-0.2, 0) is 4.79 Å². The fourth-order valence-corrected chi connectivity index (χ4v) is 1.01. The fraction of sp³-hybridized carbons (Fsp3) is 0.875. The summed E-state index contributed by atoms with van der Waals surface area (Å²) in [5.41, 5.74) is -0.930. The molecule has 6 heteroatoms. The van der Waals surface area contributed by atoms with E-state index in [1.165, 1.54) is 0 Å². The summed E-state index contributed by atoms with van der Waals surface area (Å²) in [5, 5.41) is 26.8. The highest BCUT2D eigenvalue weighted by atomic mass is 19.0. The third-order valence-corrected chi connectivity index (χ3v) is 2.44. The Morgan fingerprint density at radius 2 is 1.50 bits per heavy atom. The van der Waals surface area contributed by atoms with Crippen LogP contribution in [0, 0.1) is 11.3 Å². The van der Waals surface area contributed by atoms with E-state index in [0.717, 1.165) is 6.29 Å². The molecule has 0 saturated heterocycles. The van der Waals surface area contributed by atoms with E-state index in [9.17, 15) is 4.79 Å². The molecule has 0 aromatic rings. The maximum Gasteiger partial charge on any atom is 0.120 e. The van der Waals surface area contributed by atoms with E-state index in [2.05, 4.69) is 0 Å². The van der Waals surface area contributed by atoms with Gasteiger partial charge >= 0.3 is 0 Å². The molecular formula is C8H18F2O4. The average Bonchev–Trinajstić information content (AvgIpc) is 2.09. The van der Waals surface area contributed by atoms with Crippen molar-refractivity contribution in [1.29, 1.82) is 0 Å². The van der Waals surface area contributed by atoms with Crippen LogP contribution in [0.25, 0.3) is 0 Å². The highest BCUT2D eigenvalue weighted by Crippen LogP contribution is 2.27. The Kier molecular flexibility index (Phi) is 12.2. The van der Waals surface area contributed by atoms with Gasteiger partial charge in [0, 0.05) is 11.8 Å². The normalized spacial score (nSPS) is 12.3. The minimum Gasteiger partial charge on any atom is -0.396 e. The first-order chi connectivity index (χ1) is 5.66. The van der Waals surface area contributed by atoms with Crippen molar-refractivity contribution in [2.75, 3.05) is 19.8 Å². The van der Waals surface area contributed by atoms with Gasteiger partial charge < -0.3 is 20.1 Å². The molecule has 0 aliphatic carbocycles. The van der Waals surface area contributed by atoms with Crippen molar-refractivity contribution < 1.29 is 29.5 Å². The summed E-state index contributed by atoms with van der Waals surface area (Å²) in [6.07, 6.45) is 0.960. The number of halogens is 2. The van der Waals surface area contributed by atoms with E-state index in [4.69, 9.17) is 15.3 Å². The van der Waals surface area contributed by atoms with Crippen molar-refractivity contribution in [3.05, 3.63) is 0 Å². The molecule has 0 heterocycles. The molecule has 0 amide bonds. The van der Waals surface area contributed by atoms with E-state index < -0.39 is 5.41 Å². The van der Waals surface area contributed by atoms with E-state index in [-0.39, 0.29) is 41.6 Å². The smallest absolute Gasteiger partial charge is 0.120 e. The molecule has 0 aliphatic heterocycles. The van der Waals surface area contributed by atoms with Gasteiger partial charge in [-0.05, 0) is 5.92 Å². The standard InChI is InChI=1S/C8H16O4.2FH/c1-7(2-3-9)8(4-10,5-11)6-12;;/h3,7,10-12H,2,4-6H2,1H3;2*1H. The lowest BCUT2D eigenvalue weighted by Crippen LogP contribution is -2.40. The molecule has 0 spiro atoms. The SMILES string of the molecule is CC(CC=O)C(CO)(CO)CO.F.F. The number of aliphatic hydroxyl groups is 3. The van der Waals surface area contributed by atoms with Crippen LogP contribution in [0.15, 0.2) is 0 Å². The second-order valence-corrected chi connectivity index (χ2v) is 3.14. The highest BCUT2D eigenvalue weighted by molar-refractivity contribution is 5.49. The summed E-state index contributed by atoms with van der Waals surface area (Å²) in [4.78, 5) is 10.2. The maximum atomic E-state index is 10.2. The summed E-state index contributed by atoms with van der Waals surface area (Å²) in [7, 11) is 0. The van der Waals surface area contributed by atoms with E-state index >= 15 is 0 Å². The highest BCUT2D eigenvalue weighted by Gasteiger charge is 2.34. The van der Waals surface area contributed by atoms with Gasteiger partial charge in [-0.2, -0.15) is 0 Å². The van der Waals surface area contributed by atoms with Gasteiger partial charge in [-0.15, -0.1) is 0 Å². The molecule has 0 saturated carbocycles. The molecule has 1 unspecified atom stereocenters. The minimum atomic E-state index is -0.930. The summed E-state index contributed by atoms with van der Waals surface area (Å²) in [6, 6.07) is 0. The molecule has 0 radical (unpaired) electrons. The molecule has 0 rings (SSSR count). The lowest BCUT2D eigenvalue weighted by atomic mass is 9.77. The van der Waals surface area contributed by atoms with E-state index in [0.29, 0.717) is 0 Å². The monoisotopic (exact) mass is 216 g/mol. The van der Waals surface area contributed by atoms with Crippen LogP contribution in [0.1, 0.15) is 13.3 Å². The Labute approximate surface area is 81.3 Å². The predicted octanol–water partition coefficient (Wildman–Crippen LogP) is -0.520. The largest absolute Gasteiger partial charge is 0.396 e. The van der Waals surface area contributed by atoms with Crippen LogP contribution in [-0.4, -0.2) is 41.4 Å². The summed E-state index contributed by atoms with van der Waals surface area (Å²) < 4.78 is 0. The van der Waals surface area contributed by atoms with Crippen molar-refractivity contribution in [3.8, 4) is 0 Å². The molecule has 4 nitrogen and oxygen atoms in total. The van der Waals surface area contributed by atoms with Gasteiger partial charge in [0.15, 0.2) is 0 Å². The fourth-order valence-electron chi connectivity index (χ4n) is 1.01. The summed E-state index contributed by atoms with van der Waals surface area (Å²) in [6.45, 7) is 0.788. The number of hydrogen-bond acceptors (Lipinski definition) is 4. The first kappa shape index (κ1) is 19.1. The number of aldehydes is 1. The van der Waals surface area contributed by atoms with Crippen LogP contribution >= 0.6 is 0 Å². The molecular weight excluding hydrogens is 198 g/mol. The molecule has 0 fully saturated rings. The molecule has 0 aromatic heterocycles. The van der Waals surface area contributed by atoms with Gasteiger partial charge in [0.1, 0.15) is 6.29 Å². The van der Waals surface area contributed by atoms with Crippen LogP contribution in [0.5, 0.6) is 0 Å². The Morgan fingerprint density at radius 1 is 1.14 bits per heavy atom. The number of carbonyl (C=O) groups is 1. The number of hydrogen-bond donors (Lipinski definition) is 3. The van der Waals surface area contributed by atoms with E-state index in [1.54, 1.807) is 6.92 Å². The summed E-state index contributed by atoms with van der Waals surface area (Å²) in [5.74, 6) is -0.213. The van der Waals surface area contributed by atoms with Gasteiger partial charge in [-0.1, -0.05) is 6.92 Å². The summed E-state index contributed by atoms with van der Waals surface area (Å²) >= 11 is 0. The topological polar surface area (TPSA) is 77.8 Å². The molecule has 88 valence electrons. The lowest BCUT2D eigenvalue weighted by molar-refractivity contribution is -0.111. The Bertz CT molecular complexity index is 131. The van der Waals surface area contributed by atoms with Gasteiger partial charge in [0.25, 0.3) is 0 Å². The quantitative estimate of drug-likeness (QED) is 0.522. The molecule has 1 atom stereocenters. The Hall–Kier alpha value is -0.590. The van der Waals surface area contributed by atoms with Crippen molar-refractivity contribution in [2.24, 2.45) is 11.3 Å². The Morgan fingerprint density at radius 3 is 1.71 bits per heavy atom. The van der Waals surface area contributed by atoms with Gasteiger partial charge in [0.2, 0.25) is 0 Å². The number of rotatable bonds is 6. The van der Waals surface area contributed by atoms with E-state index in [1.807, 2.05) is 0 Å². The second-order valence-electron chi connectivity index (χ2n) is 3.14. The van der Waals surface area contributed by atoms with Crippen molar-refractivity contribution in [2.45, 2.75) is 13.3 Å².